The van der Waals surface area contributed by atoms with Gasteiger partial charge in [0, 0.05) is 53.7 Å². The van der Waals surface area contributed by atoms with E-state index >= 15 is 0 Å². The second kappa shape index (κ2) is 8.92. The summed E-state index contributed by atoms with van der Waals surface area (Å²) in [6.45, 7) is 4.24. The molecule has 0 unspecified atom stereocenters. The molecule has 25 heavy (non-hydrogen) atoms. The molecule has 0 radical (unpaired) electrons. The smallest absolute Gasteiger partial charge is 0.119 e. The second-order valence-electron chi connectivity index (χ2n) is 5.86. The number of nitrogens with zero attached hydrogens (tertiary/aromatic N) is 1. The van der Waals surface area contributed by atoms with Crippen LogP contribution in [0.25, 0.3) is 10.9 Å². The SMILES string of the molecule is COc1ccc2[nH]cc([C@@H](c3cccs3)N3CCNCC3)c2c1.Cl.Cl. The molecule has 3 heterocycles. The van der Waals surface area contributed by atoms with Crippen molar-refractivity contribution in [1.29, 1.82) is 0 Å². The van der Waals surface area contributed by atoms with E-state index in [0.29, 0.717) is 6.04 Å². The normalized spacial score (nSPS) is 16.0. The molecule has 0 spiro atoms. The summed E-state index contributed by atoms with van der Waals surface area (Å²) in [6.07, 6.45) is 2.16. The highest BCUT2D eigenvalue weighted by molar-refractivity contribution is 7.10. The lowest BCUT2D eigenvalue weighted by molar-refractivity contribution is 0.201. The summed E-state index contributed by atoms with van der Waals surface area (Å²) in [5.41, 5.74) is 2.50. The van der Waals surface area contributed by atoms with Gasteiger partial charge in [0.25, 0.3) is 0 Å². The van der Waals surface area contributed by atoms with E-state index in [-0.39, 0.29) is 24.8 Å². The number of rotatable bonds is 4. The van der Waals surface area contributed by atoms with Crippen LogP contribution in [0.1, 0.15) is 16.5 Å². The molecule has 0 amide bonds. The van der Waals surface area contributed by atoms with Gasteiger partial charge < -0.3 is 15.0 Å². The van der Waals surface area contributed by atoms with Crippen molar-refractivity contribution >= 4 is 47.1 Å². The van der Waals surface area contributed by atoms with Gasteiger partial charge in [-0.1, -0.05) is 6.07 Å². The highest BCUT2D eigenvalue weighted by Crippen LogP contribution is 2.37. The zero-order valence-electron chi connectivity index (χ0n) is 14.0. The molecule has 4 nitrogen and oxygen atoms in total. The van der Waals surface area contributed by atoms with E-state index in [4.69, 9.17) is 4.74 Å². The first-order valence-corrected chi connectivity index (χ1v) is 8.88. The lowest BCUT2D eigenvalue weighted by atomic mass is 10.0. The van der Waals surface area contributed by atoms with Crippen LogP contribution in [0.3, 0.4) is 0 Å². The number of hydrogen-bond donors (Lipinski definition) is 2. The summed E-state index contributed by atoms with van der Waals surface area (Å²) in [6, 6.07) is 10.9. The number of thiophene rings is 1. The number of fused-ring (bicyclic) bond motifs is 1. The Labute approximate surface area is 164 Å². The van der Waals surface area contributed by atoms with Gasteiger partial charge in [-0.05, 0) is 29.6 Å². The molecule has 1 aromatic carbocycles. The Morgan fingerprint density at radius 2 is 1.96 bits per heavy atom. The van der Waals surface area contributed by atoms with Crippen molar-refractivity contribution in [2.24, 2.45) is 0 Å². The zero-order chi connectivity index (χ0) is 15.6. The van der Waals surface area contributed by atoms with Crippen molar-refractivity contribution in [1.82, 2.24) is 15.2 Å². The third-order valence-electron chi connectivity index (χ3n) is 4.54. The summed E-state index contributed by atoms with van der Waals surface area (Å²) >= 11 is 1.83. The lowest BCUT2D eigenvalue weighted by Crippen LogP contribution is -2.45. The molecule has 1 aliphatic heterocycles. The largest absolute Gasteiger partial charge is 0.497 e. The van der Waals surface area contributed by atoms with Crippen molar-refractivity contribution in [3.05, 3.63) is 52.3 Å². The summed E-state index contributed by atoms with van der Waals surface area (Å²) in [4.78, 5) is 7.40. The molecule has 4 rings (SSSR count). The minimum absolute atomic E-state index is 0. The van der Waals surface area contributed by atoms with Gasteiger partial charge in [0.05, 0.1) is 13.2 Å². The standard InChI is InChI=1S/C18H21N3OS.2ClH/c1-22-13-4-5-16-14(11-13)15(12-20-16)18(17-3-2-10-23-17)21-8-6-19-7-9-21;;/h2-5,10-12,18-20H,6-9H2,1H3;2*1H/t18-;;/m0../s1. The van der Waals surface area contributed by atoms with Crippen LogP contribution in [-0.2, 0) is 0 Å². The molecule has 0 bridgehead atoms. The van der Waals surface area contributed by atoms with Gasteiger partial charge in [-0.15, -0.1) is 36.2 Å². The third-order valence-corrected chi connectivity index (χ3v) is 5.47. The number of hydrogen-bond acceptors (Lipinski definition) is 4. The van der Waals surface area contributed by atoms with Gasteiger partial charge in [0.2, 0.25) is 0 Å². The first-order valence-electron chi connectivity index (χ1n) is 8.00. The fourth-order valence-corrected chi connectivity index (χ4v) is 4.27. The van der Waals surface area contributed by atoms with Crippen LogP contribution in [-0.4, -0.2) is 43.2 Å². The number of halogens is 2. The molecule has 1 atom stereocenters. The van der Waals surface area contributed by atoms with Gasteiger partial charge in [-0.3, -0.25) is 4.90 Å². The molecule has 1 aliphatic rings. The highest BCUT2D eigenvalue weighted by Gasteiger charge is 2.27. The van der Waals surface area contributed by atoms with Crippen LogP contribution in [0.5, 0.6) is 5.75 Å². The Hall–Kier alpha value is -1.24. The monoisotopic (exact) mass is 399 g/mol. The van der Waals surface area contributed by atoms with Crippen molar-refractivity contribution < 1.29 is 4.74 Å². The Bertz CT molecular complexity index is 785. The second-order valence-corrected chi connectivity index (χ2v) is 6.84. The number of ether oxygens (including phenoxy) is 1. The molecule has 0 aliphatic carbocycles. The molecule has 136 valence electrons. The van der Waals surface area contributed by atoms with Crippen LogP contribution in [0, 0.1) is 0 Å². The molecule has 2 N–H and O–H groups in total. The van der Waals surface area contributed by atoms with Gasteiger partial charge in [-0.25, -0.2) is 0 Å². The van der Waals surface area contributed by atoms with E-state index in [1.165, 1.54) is 15.8 Å². The maximum Gasteiger partial charge on any atom is 0.119 e. The van der Waals surface area contributed by atoms with Crippen LogP contribution in [0.2, 0.25) is 0 Å². The number of H-pyrrole nitrogens is 1. The van der Waals surface area contributed by atoms with Crippen molar-refractivity contribution in [3.63, 3.8) is 0 Å². The molecule has 0 saturated carbocycles. The fraction of sp³-hybridized carbons (Fsp3) is 0.333. The predicted octanol–water partition coefficient (Wildman–Crippen LogP) is 4.08. The van der Waals surface area contributed by atoms with Gasteiger partial charge in [0.1, 0.15) is 5.75 Å². The van der Waals surface area contributed by atoms with E-state index in [9.17, 15) is 0 Å². The van der Waals surface area contributed by atoms with Gasteiger partial charge in [-0.2, -0.15) is 0 Å². The van der Waals surface area contributed by atoms with Crippen LogP contribution < -0.4 is 10.1 Å². The third kappa shape index (κ3) is 3.96. The fourth-order valence-electron chi connectivity index (χ4n) is 3.39. The minimum Gasteiger partial charge on any atom is -0.497 e. The number of methoxy groups -OCH3 is 1. The van der Waals surface area contributed by atoms with E-state index in [0.717, 1.165) is 37.4 Å². The molecular weight excluding hydrogens is 377 g/mol. The molecule has 1 saturated heterocycles. The topological polar surface area (TPSA) is 40.3 Å². The summed E-state index contributed by atoms with van der Waals surface area (Å²) in [5.74, 6) is 0.906. The molecule has 3 aromatic rings. The number of aromatic amines is 1. The van der Waals surface area contributed by atoms with Crippen LogP contribution >= 0.6 is 36.2 Å². The Morgan fingerprint density at radius 3 is 2.64 bits per heavy atom. The van der Waals surface area contributed by atoms with E-state index in [1.807, 2.05) is 17.4 Å². The molecular formula is C18H23Cl2N3OS. The summed E-state index contributed by atoms with van der Waals surface area (Å²) in [5, 5.41) is 6.87. The predicted molar refractivity (Wildman–Crippen MR) is 110 cm³/mol. The molecule has 2 aromatic heterocycles. The Morgan fingerprint density at radius 1 is 1.16 bits per heavy atom. The Kier molecular flexibility index (Phi) is 7.16. The summed E-state index contributed by atoms with van der Waals surface area (Å²) < 4.78 is 5.43. The van der Waals surface area contributed by atoms with E-state index in [2.05, 4.69) is 51.0 Å². The number of aromatic nitrogens is 1. The highest BCUT2D eigenvalue weighted by atomic mass is 35.5. The maximum atomic E-state index is 5.43. The first kappa shape index (κ1) is 20.1. The average Bonchev–Trinajstić information content (AvgIpc) is 3.26. The van der Waals surface area contributed by atoms with Gasteiger partial charge >= 0.3 is 0 Å². The average molecular weight is 400 g/mol. The minimum atomic E-state index is 0. The van der Waals surface area contributed by atoms with Gasteiger partial charge in [0.15, 0.2) is 0 Å². The Balaban J connectivity index is 0.00000113. The van der Waals surface area contributed by atoms with Crippen LogP contribution in [0.4, 0.5) is 0 Å². The number of piperazine rings is 1. The van der Waals surface area contributed by atoms with Crippen molar-refractivity contribution in [2.75, 3.05) is 33.3 Å². The molecule has 7 heteroatoms. The lowest BCUT2D eigenvalue weighted by Gasteiger charge is -2.34. The zero-order valence-corrected chi connectivity index (χ0v) is 16.5. The molecule has 1 fully saturated rings. The number of benzene rings is 1. The van der Waals surface area contributed by atoms with Crippen molar-refractivity contribution in [2.45, 2.75) is 6.04 Å². The van der Waals surface area contributed by atoms with Crippen molar-refractivity contribution in [3.8, 4) is 5.75 Å². The number of nitrogens with one attached hydrogen (secondary N) is 2. The van der Waals surface area contributed by atoms with E-state index < -0.39 is 0 Å². The first-order chi connectivity index (χ1) is 11.4. The maximum absolute atomic E-state index is 5.43. The van der Waals surface area contributed by atoms with Crippen LogP contribution in [0.15, 0.2) is 41.9 Å². The quantitative estimate of drug-likeness (QED) is 0.694. The summed E-state index contributed by atoms with van der Waals surface area (Å²) in [7, 11) is 1.72. The van der Waals surface area contributed by atoms with E-state index in [1.54, 1.807) is 7.11 Å².